The molecule has 18 heavy (non-hydrogen) atoms. The van der Waals surface area contributed by atoms with Crippen molar-refractivity contribution in [3.05, 3.63) is 24.2 Å². The monoisotopic (exact) mass is 254 g/mol. The Hall–Kier alpha value is -1.82. The molecule has 0 fully saturated rings. The molecule has 6 heteroatoms. The highest BCUT2D eigenvalue weighted by Crippen LogP contribution is 1.98. The summed E-state index contributed by atoms with van der Waals surface area (Å²) in [6.45, 7) is 2.59. The minimum absolute atomic E-state index is 0.0272. The molecule has 1 aromatic rings. The first-order valence-corrected chi connectivity index (χ1v) is 5.67. The molecule has 1 heterocycles. The summed E-state index contributed by atoms with van der Waals surface area (Å²) >= 11 is 0. The summed E-state index contributed by atoms with van der Waals surface area (Å²) in [6.07, 6.45) is 1.54. The Balaban J connectivity index is 2.34. The Morgan fingerprint density at radius 1 is 1.50 bits per heavy atom. The summed E-state index contributed by atoms with van der Waals surface area (Å²) in [5.41, 5.74) is 0. The van der Waals surface area contributed by atoms with Gasteiger partial charge in [-0.2, -0.15) is 0 Å². The van der Waals surface area contributed by atoms with E-state index in [1.54, 1.807) is 25.5 Å². The Kier molecular flexibility index (Phi) is 5.93. The van der Waals surface area contributed by atoms with Crippen molar-refractivity contribution in [1.82, 2.24) is 10.2 Å². The molecule has 2 amide bonds. The summed E-state index contributed by atoms with van der Waals surface area (Å²) in [7, 11) is 1.55. The Morgan fingerprint density at radius 2 is 2.28 bits per heavy atom. The smallest absolute Gasteiger partial charge is 0.240 e. The summed E-state index contributed by atoms with van der Waals surface area (Å²) in [5, 5.41) is 2.68. The van der Waals surface area contributed by atoms with Crippen molar-refractivity contribution in [2.75, 3.05) is 26.8 Å². The van der Waals surface area contributed by atoms with E-state index in [9.17, 15) is 9.59 Å². The molecule has 1 rings (SSSR count). The summed E-state index contributed by atoms with van der Waals surface area (Å²) in [6, 6.07) is 3.52. The third-order valence-electron chi connectivity index (χ3n) is 2.39. The first-order chi connectivity index (χ1) is 8.63. The fourth-order valence-corrected chi connectivity index (χ4v) is 1.38. The lowest BCUT2D eigenvalue weighted by Crippen LogP contribution is -2.41. The van der Waals surface area contributed by atoms with Crippen LogP contribution >= 0.6 is 0 Å². The van der Waals surface area contributed by atoms with Crippen LogP contribution in [0.4, 0.5) is 0 Å². The maximum atomic E-state index is 11.6. The van der Waals surface area contributed by atoms with Crippen molar-refractivity contribution in [1.29, 1.82) is 0 Å². The number of carbonyl (C=O) groups excluding carboxylic acids is 2. The van der Waals surface area contributed by atoms with Crippen LogP contribution in [0, 0.1) is 0 Å². The van der Waals surface area contributed by atoms with Gasteiger partial charge < -0.3 is 19.4 Å². The largest absolute Gasteiger partial charge is 0.467 e. The van der Waals surface area contributed by atoms with Crippen LogP contribution in [0.15, 0.2) is 22.8 Å². The zero-order valence-corrected chi connectivity index (χ0v) is 10.6. The number of amides is 2. The molecule has 0 radical (unpaired) electrons. The molecule has 0 bridgehead atoms. The Morgan fingerprint density at radius 3 is 2.83 bits per heavy atom. The molecule has 0 aliphatic heterocycles. The molecule has 6 nitrogen and oxygen atoms in total. The Bertz CT molecular complexity index is 375. The fourth-order valence-electron chi connectivity index (χ4n) is 1.38. The zero-order chi connectivity index (χ0) is 13.4. The van der Waals surface area contributed by atoms with Crippen LogP contribution in [0.2, 0.25) is 0 Å². The lowest BCUT2D eigenvalue weighted by Gasteiger charge is -2.19. The molecule has 1 aromatic heterocycles. The van der Waals surface area contributed by atoms with Crippen molar-refractivity contribution in [3.8, 4) is 0 Å². The van der Waals surface area contributed by atoms with E-state index >= 15 is 0 Å². The number of hydrogen-bond acceptors (Lipinski definition) is 4. The van der Waals surface area contributed by atoms with E-state index in [4.69, 9.17) is 9.15 Å². The number of nitrogens with one attached hydrogen (secondary N) is 1. The van der Waals surface area contributed by atoms with Crippen LogP contribution in [0.3, 0.4) is 0 Å². The number of ether oxygens (including phenoxy) is 1. The van der Waals surface area contributed by atoms with Crippen molar-refractivity contribution in [3.63, 3.8) is 0 Å². The average Bonchev–Trinajstić information content (AvgIpc) is 2.84. The molecular formula is C12H18N2O4. The molecule has 0 aliphatic carbocycles. The van der Waals surface area contributed by atoms with Crippen LogP contribution in [-0.4, -0.2) is 43.5 Å². The predicted molar refractivity (Wildman–Crippen MR) is 64.7 cm³/mol. The van der Waals surface area contributed by atoms with Gasteiger partial charge in [0.15, 0.2) is 0 Å². The first kappa shape index (κ1) is 14.2. The van der Waals surface area contributed by atoms with E-state index in [1.165, 1.54) is 11.8 Å². The van der Waals surface area contributed by atoms with Gasteiger partial charge in [-0.05, 0) is 12.1 Å². The summed E-state index contributed by atoms with van der Waals surface area (Å²) < 4.78 is 9.97. The number of rotatable bonds is 7. The molecule has 0 saturated carbocycles. The van der Waals surface area contributed by atoms with Gasteiger partial charge in [-0.25, -0.2) is 0 Å². The lowest BCUT2D eigenvalue weighted by molar-refractivity contribution is -0.135. The second kappa shape index (κ2) is 7.50. The first-order valence-electron chi connectivity index (χ1n) is 5.67. The second-order valence-corrected chi connectivity index (χ2v) is 3.79. The average molecular weight is 254 g/mol. The molecule has 0 atom stereocenters. The summed E-state index contributed by atoms with van der Waals surface area (Å²) in [5.74, 6) is 0.299. The highest BCUT2D eigenvalue weighted by molar-refractivity contribution is 5.83. The van der Waals surface area contributed by atoms with Crippen molar-refractivity contribution >= 4 is 11.8 Å². The lowest BCUT2D eigenvalue weighted by atomic mass is 10.4. The van der Waals surface area contributed by atoms with E-state index in [0.717, 1.165) is 0 Å². The molecule has 0 aliphatic rings. The molecular weight excluding hydrogens is 236 g/mol. The minimum Gasteiger partial charge on any atom is -0.467 e. The number of carbonyl (C=O) groups is 2. The van der Waals surface area contributed by atoms with Crippen molar-refractivity contribution < 1.29 is 18.7 Å². The second-order valence-electron chi connectivity index (χ2n) is 3.79. The summed E-state index contributed by atoms with van der Waals surface area (Å²) in [4.78, 5) is 24.4. The Labute approximate surface area is 106 Å². The number of methoxy groups -OCH3 is 1. The van der Waals surface area contributed by atoms with Crippen LogP contribution in [-0.2, 0) is 20.9 Å². The van der Waals surface area contributed by atoms with Crippen molar-refractivity contribution in [2.24, 2.45) is 0 Å². The van der Waals surface area contributed by atoms with Gasteiger partial charge >= 0.3 is 0 Å². The maximum Gasteiger partial charge on any atom is 0.240 e. The molecule has 0 saturated heterocycles. The van der Waals surface area contributed by atoms with Crippen molar-refractivity contribution in [2.45, 2.75) is 13.5 Å². The van der Waals surface area contributed by atoms with Crippen LogP contribution in [0.5, 0.6) is 0 Å². The number of hydrogen-bond donors (Lipinski definition) is 1. The van der Waals surface area contributed by atoms with Gasteiger partial charge in [0.25, 0.3) is 0 Å². The molecule has 1 N–H and O–H groups in total. The number of nitrogens with zero attached hydrogens (tertiary/aromatic N) is 1. The van der Waals surface area contributed by atoms with Gasteiger partial charge in [0.1, 0.15) is 5.76 Å². The van der Waals surface area contributed by atoms with E-state index in [2.05, 4.69) is 5.32 Å². The van der Waals surface area contributed by atoms with Gasteiger partial charge in [0.05, 0.1) is 26.0 Å². The molecule has 0 aromatic carbocycles. The fraction of sp³-hybridized carbons (Fsp3) is 0.500. The predicted octanol–water partition coefficient (Wildman–Crippen LogP) is 0.391. The van der Waals surface area contributed by atoms with Gasteiger partial charge in [0.2, 0.25) is 11.8 Å². The molecule has 0 spiro atoms. The van der Waals surface area contributed by atoms with Crippen LogP contribution in [0.1, 0.15) is 12.7 Å². The van der Waals surface area contributed by atoms with Gasteiger partial charge in [0, 0.05) is 20.6 Å². The van der Waals surface area contributed by atoms with Gasteiger partial charge in [-0.1, -0.05) is 0 Å². The van der Waals surface area contributed by atoms with Gasteiger partial charge in [-0.15, -0.1) is 0 Å². The van der Waals surface area contributed by atoms with Crippen LogP contribution < -0.4 is 5.32 Å². The molecule has 100 valence electrons. The third kappa shape index (κ3) is 5.01. The standard InChI is InChI=1S/C12H18N2O4/c1-10(15)14(5-7-17-2)9-12(16)13-8-11-4-3-6-18-11/h3-4,6H,5,7-9H2,1-2H3,(H,13,16). The number of furan rings is 1. The molecule has 0 unspecified atom stereocenters. The third-order valence-corrected chi connectivity index (χ3v) is 2.39. The normalized spacial score (nSPS) is 10.1. The highest BCUT2D eigenvalue weighted by atomic mass is 16.5. The maximum absolute atomic E-state index is 11.6. The highest BCUT2D eigenvalue weighted by Gasteiger charge is 2.13. The van der Waals surface area contributed by atoms with Crippen LogP contribution in [0.25, 0.3) is 0 Å². The van der Waals surface area contributed by atoms with E-state index < -0.39 is 0 Å². The minimum atomic E-state index is -0.224. The zero-order valence-electron chi connectivity index (χ0n) is 10.6. The SMILES string of the molecule is COCCN(CC(=O)NCc1ccco1)C(C)=O. The van der Waals surface area contributed by atoms with E-state index in [0.29, 0.717) is 25.5 Å². The van der Waals surface area contributed by atoms with E-state index in [-0.39, 0.29) is 18.4 Å². The van der Waals surface area contributed by atoms with E-state index in [1.807, 2.05) is 0 Å². The van der Waals surface area contributed by atoms with Gasteiger partial charge in [-0.3, -0.25) is 9.59 Å². The quantitative estimate of drug-likeness (QED) is 0.764. The topological polar surface area (TPSA) is 71.8 Å².